The van der Waals surface area contributed by atoms with E-state index in [0.29, 0.717) is 6.42 Å². The summed E-state index contributed by atoms with van der Waals surface area (Å²) in [7, 11) is 0. The van der Waals surface area contributed by atoms with Gasteiger partial charge >= 0.3 is 5.97 Å². The molecular weight excluding hydrogens is 246 g/mol. The van der Waals surface area contributed by atoms with Crippen LogP contribution in [0.15, 0.2) is 16.5 Å². The molecule has 1 rings (SSSR count). The van der Waals surface area contributed by atoms with E-state index in [2.05, 4.69) is 5.32 Å². The lowest BCUT2D eigenvalue weighted by Crippen LogP contribution is -2.43. The lowest BCUT2D eigenvalue weighted by molar-refractivity contribution is -0.137. The highest BCUT2D eigenvalue weighted by atomic mass is 35.5. The van der Waals surface area contributed by atoms with Crippen LogP contribution < -0.4 is 5.32 Å². The van der Waals surface area contributed by atoms with Crippen molar-refractivity contribution in [3.63, 3.8) is 0 Å². The van der Waals surface area contributed by atoms with Gasteiger partial charge in [-0.1, -0.05) is 0 Å². The van der Waals surface area contributed by atoms with Crippen molar-refractivity contribution in [1.29, 1.82) is 0 Å². The number of hydrogen-bond acceptors (Lipinski definition) is 3. The number of aliphatic carboxylic acids is 1. The van der Waals surface area contributed by atoms with Crippen molar-refractivity contribution >= 4 is 23.5 Å². The first-order valence-electron chi connectivity index (χ1n) is 5.10. The lowest BCUT2D eigenvalue weighted by atomic mass is 9.98. The summed E-state index contributed by atoms with van der Waals surface area (Å²) < 4.78 is 4.95. The number of carbonyl (C=O) groups excluding carboxylic acids is 1. The molecule has 0 radical (unpaired) electrons. The topological polar surface area (TPSA) is 79.5 Å². The average Bonchev–Trinajstić information content (AvgIpc) is 2.61. The van der Waals surface area contributed by atoms with Gasteiger partial charge in [-0.25, -0.2) is 0 Å². The third kappa shape index (κ3) is 4.48. The normalized spacial score (nSPS) is 11.2. The standard InChI is InChI=1S/C11H14ClNO4/c1-11(2,6-5-9(14)15)13-10(16)7-3-4-8(12)17-7/h3-4H,5-6H2,1-2H3,(H,13,16)(H,14,15). The molecule has 94 valence electrons. The van der Waals surface area contributed by atoms with Gasteiger partial charge in [-0.05, 0) is 44.0 Å². The second-order valence-corrected chi connectivity index (χ2v) is 4.71. The highest BCUT2D eigenvalue weighted by Crippen LogP contribution is 2.16. The Morgan fingerprint density at radius 3 is 2.59 bits per heavy atom. The Bertz CT molecular complexity index is 425. The first-order valence-corrected chi connectivity index (χ1v) is 5.47. The monoisotopic (exact) mass is 259 g/mol. The second kappa shape index (κ2) is 5.23. The zero-order valence-electron chi connectivity index (χ0n) is 9.62. The van der Waals surface area contributed by atoms with Gasteiger partial charge in [0.05, 0.1) is 0 Å². The predicted octanol–water partition coefficient (Wildman–Crippen LogP) is 2.31. The van der Waals surface area contributed by atoms with Gasteiger partial charge in [-0.2, -0.15) is 0 Å². The number of amides is 1. The molecule has 0 atom stereocenters. The molecule has 0 unspecified atom stereocenters. The zero-order valence-corrected chi connectivity index (χ0v) is 10.4. The molecule has 1 aromatic heterocycles. The SMILES string of the molecule is CC(C)(CCC(=O)O)NC(=O)c1ccc(Cl)o1. The van der Waals surface area contributed by atoms with Crippen LogP contribution in [0.25, 0.3) is 0 Å². The number of hydrogen-bond donors (Lipinski definition) is 2. The van der Waals surface area contributed by atoms with Crippen LogP contribution in [0.4, 0.5) is 0 Å². The summed E-state index contributed by atoms with van der Waals surface area (Å²) in [6.07, 6.45) is 0.328. The van der Waals surface area contributed by atoms with E-state index in [1.54, 1.807) is 13.8 Å². The van der Waals surface area contributed by atoms with Gasteiger partial charge in [0, 0.05) is 12.0 Å². The summed E-state index contributed by atoms with van der Waals surface area (Å²) in [5, 5.41) is 11.4. The van der Waals surface area contributed by atoms with Gasteiger partial charge in [-0.3, -0.25) is 9.59 Å². The number of halogens is 1. The first-order chi connectivity index (χ1) is 7.80. The predicted molar refractivity (Wildman–Crippen MR) is 62.1 cm³/mol. The average molecular weight is 260 g/mol. The van der Waals surface area contributed by atoms with E-state index in [9.17, 15) is 9.59 Å². The largest absolute Gasteiger partial charge is 0.481 e. The molecule has 0 aliphatic rings. The Balaban J connectivity index is 2.58. The fourth-order valence-electron chi connectivity index (χ4n) is 1.29. The Morgan fingerprint density at radius 2 is 2.12 bits per heavy atom. The highest BCUT2D eigenvalue weighted by Gasteiger charge is 2.23. The second-order valence-electron chi connectivity index (χ2n) is 4.34. The Labute approximate surface area is 104 Å². The van der Waals surface area contributed by atoms with E-state index in [1.807, 2.05) is 0 Å². The molecule has 0 saturated carbocycles. The molecule has 5 nitrogen and oxygen atoms in total. The quantitative estimate of drug-likeness (QED) is 0.850. The van der Waals surface area contributed by atoms with Gasteiger partial charge in [0.25, 0.3) is 5.91 Å². The maximum Gasteiger partial charge on any atom is 0.303 e. The highest BCUT2D eigenvalue weighted by molar-refractivity contribution is 6.29. The van der Waals surface area contributed by atoms with Crippen LogP contribution in [0.1, 0.15) is 37.2 Å². The molecule has 1 aromatic rings. The van der Waals surface area contributed by atoms with Crippen LogP contribution in [0.2, 0.25) is 5.22 Å². The van der Waals surface area contributed by atoms with Gasteiger partial charge in [0.2, 0.25) is 0 Å². The fraction of sp³-hybridized carbons (Fsp3) is 0.455. The van der Waals surface area contributed by atoms with Crippen LogP contribution in [0.5, 0.6) is 0 Å². The van der Waals surface area contributed by atoms with Gasteiger partial charge in [0.15, 0.2) is 11.0 Å². The van der Waals surface area contributed by atoms with Gasteiger partial charge in [-0.15, -0.1) is 0 Å². The minimum absolute atomic E-state index is 0.00775. The molecule has 0 aliphatic heterocycles. The van der Waals surface area contributed by atoms with Crippen molar-refractivity contribution in [2.45, 2.75) is 32.2 Å². The fourth-order valence-corrected chi connectivity index (χ4v) is 1.43. The molecule has 0 saturated heterocycles. The molecule has 1 heterocycles. The number of carboxylic acids is 1. The van der Waals surface area contributed by atoms with E-state index in [4.69, 9.17) is 21.1 Å². The number of furan rings is 1. The summed E-state index contributed by atoms with van der Waals surface area (Å²) in [5.74, 6) is -1.20. The molecule has 0 aliphatic carbocycles. The van der Waals surface area contributed by atoms with Crippen LogP contribution in [-0.4, -0.2) is 22.5 Å². The van der Waals surface area contributed by atoms with E-state index >= 15 is 0 Å². The minimum atomic E-state index is -0.895. The van der Waals surface area contributed by atoms with Crippen molar-refractivity contribution < 1.29 is 19.1 Å². The van der Waals surface area contributed by atoms with Gasteiger partial charge < -0.3 is 14.8 Å². The van der Waals surface area contributed by atoms with Crippen molar-refractivity contribution in [2.24, 2.45) is 0 Å². The number of carboxylic acid groups (broad SMARTS) is 1. The minimum Gasteiger partial charge on any atom is -0.481 e. The molecule has 0 fully saturated rings. The summed E-state index contributed by atoms with van der Waals surface area (Å²) >= 11 is 5.55. The Morgan fingerprint density at radius 1 is 1.47 bits per heavy atom. The van der Waals surface area contributed by atoms with Gasteiger partial charge in [0.1, 0.15) is 0 Å². The van der Waals surface area contributed by atoms with E-state index in [0.717, 1.165) is 0 Å². The third-order valence-corrected chi connectivity index (χ3v) is 2.42. The smallest absolute Gasteiger partial charge is 0.303 e. The lowest BCUT2D eigenvalue weighted by Gasteiger charge is -2.24. The molecule has 0 aromatic carbocycles. The summed E-state index contributed by atoms with van der Waals surface area (Å²) in [6.45, 7) is 3.50. The van der Waals surface area contributed by atoms with Crippen LogP contribution >= 0.6 is 11.6 Å². The van der Waals surface area contributed by atoms with Crippen molar-refractivity contribution in [1.82, 2.24) is 5.32 Å². The maximum absolute atomic E-state index is 11.7. The van der Waals surface area contributed by atoms with E-state index < -0.39 is 17.4 Å². The van der Waals surface area contributed by atoms with Crippen LogP contribution in [0, 0.1) is 0 Å². The van der Waals surface area contributed by atoms with E-state index in [-0.39, 0.29) is 17.4 Å². The summed E-state index contributed by atoms with van der Waals surface area (Å²) in [5.41, 5.74) is -0.616. The first kappa shape index (κ1) is 13.6. The molecule has 17 heavy (non-hydrogen) atoms. The number of rotatable bonds is 5. The summed E-state index contributed by atoms with van der Waals surface area (Å²) in [6, 6.07) is 2.94. The zero-order chi connectivity index (χ0) is 13.1. The molecule has 0 spiro atoms. The number of carbonyl (C=O) groups is 2. The van der Waals surface area contributed by atoms with Crippen LogP contribution in [0.3, 0.4) is 0 Å². The molecular formula is C11H14ClNO4. The third-order valence-electron chi connectivity index (χ3n) is 2.21. The Kier molecular flexibility index (Phi) is 4.17. The molecule has 6 heteroatoms. The molecule has 2 N–H and O–H groups in total. The van der Waals surface area contributed by atoms with Crippen molar-refractivity contribution in [3.05, 3.63) is 23.1 Å². The molecule has 0 bridgehead atoms. The van der Waals surface area contributed by atoms with Crippen molar-refractivity contribution in [3.8, 4) is 0 Å². The number of nitrogens with one attached hydrogen (secondary N) is 1. The van der Waals surface area contributed by atoms with Crippen LogP contribution in [-0.2, 0) is 4.79 Å². The van der Waals surface area contributed by atoms with Crippen molar-refractivity contribution in [2.75, 3.05) is 0 Å². The summed E-state index contributed by atoms with van der Waals surface area (Å²) in [4.78, 5) is 22.2. The maximum atomic E-state index is 11.7. The Hall–Kier alpha value is -1.49. The molecule has 1 amide bonds. The van der Waals surface area contributed by atoms with E-state index in [1.165, 1.54) is 12.1 Å².